The Morgan fingerprint density at radius 1 is 1.36 bits per heavy atom. The van der Waals surface area contributed by atoms with Crippen molar-refractivity contribution in [3.63, 3.8) is 0 Å². The molecule has 1 saturated heterocycles. The maximum atomic E-state index is 10.6. The van der Waals surface area contributed by atoms with Gasteiger partial charge in [0.1, 0.15) is 5.75 Å². The molecular weight excluding hydrogens is 441 g/mol. The van der Waals surface area contributed by atoms with Crippen molar-refractivity contribution < 1.29 is 32.5 Å². The van der Waals surface area contributed by atoms with Gasteiger partial charge in [-0.3, -0.25) is 4.90 Å². The lowest BCUT2D eigenvalue weighted by atomic mass is 9.80. The number of aliphatic carboxylic acids is 1. The van der Waals surface area contributed by atoms with Gasteiger partial charge in [0, 0.05) is 38.9 Å². The monoisotopic (exact) mass is 468 g/mol. The summed E-state index contributed by atoms with van der Waals surface area (Å²) in [6.45, 7) is 4.27. The predicted octanol–water partition coefficient (Wildman–Crippen LogP) is 2.86. The van der Waals surface area contributed by atoms with Crippen LogP contribution in [0.5, 0.6) is 5.75 Å². The molecule has 180 valence electrons. The van der Waals surface area contributed by atoms with E-state index in [9.17, 15) is 13.2 Å². The average Bonchev–Trinajstić information content (AvgIpc) is 3.16. The number of ether oxygens (including phenoxy) is 2. The van der Waals surface area contributed by atoms with E-state index in [0.717, 1.165) is 49.9 Å². The summed E-state index contributed by atoms with van der Waals surface area (Å²) < 4.78 is 43.0. The van der Waals surface area contributed by atoms with E-state index in [0.29, 0.717) is 6.61 Å². The third kappa shape index (κ3) is 5.91. The molecule has 1 aromatic heterocycles. The highest BCUT2D eigenvalue weighted by Crippen LogP contribution is 2.39. The molecule has 1 aromatic carbocycles. The van der Waals surface area contributed by atoms with Crippen LogP contribution in [0.4, 0.5) is 19.1 Å². The summed E-state index contributed by atoms with van der Waals surface area (Å²) >= 11 is 0. The Kier molecular flexibility index (Phi) is 7.43. The SMILES string of the molecule is COc1cccc(CN2CCC3(COCc4cnc(N(C)C)nc43)C2)c1.O=C(O)C(F)(F)F. The highest BCUT2D eigenvalue weighted by molar-refractivity contribution is 5.73. The number of rotatable bonds is 4. The van der Waals surface area contributed by atoms with Gasteiger partial charge in [-0.25, -0.2) is 14.8 Å². The lowest BCUT2D eigenvalue weighted by Crippen LogP contribution is -2.40. The van der Waals surface area contributed by atoms with Crippen LogP contribution < -0.4 is 9.64 Å². The van der Waals surface area contributed by atoms with Crippen LogP contribution in [0.2, 0.25) is 0 Å². The summed E-state index contributed by atoms with van der Waals surface area (Å²) in [6, 6.07) is 8.31. The topological polar surface area (TPSA) is 88.0 Å². The first-order chi connectivity index (χ1) is 15.5. The van der Waals surface area contributed by atoms with Crippen LogP contribution in [0, 0.1) is 0 Å². The van der Waals surface area contributed by atoms with Crippen LogP contribution in [0.25, 0.3) is 0 Å². The standard InChI is InChI=1S/C20H26N4O2.C2HF3O2/c1-23(2)19-21-10-16-12-26-14-20(18(16)22-19)7-8-24(13-20)11-15-5-4-6-17(9-15)25-3;3-2(4,5)1(6)7/h4-6,9-10H,7-8,11-14H2,1-3H3;(H,6,7). The summed E-state index contributed by atoms with van der Waals surface area (Å²) in [4.78, 5) is 22.7. The predicted molar refractivity (Wildman–Crippen MR) is 114 cm³/mol. The smallest absolute Gasteiger partial charge is 0.490 e. The third-order valence-corrected chi connectivity index (χ3v) is 5.61. The van der Waals surface area contributed by atoms with Gasteiger partial charge < -0.3 is 19.5 Å². The average molecular weight is 468 g/mol. The van der Waals surface area contributed by atoms with Gasteiger partial charge >= 0.3 is 12.1 Å². The van der Waals surface area contributed by atoms with E-state index in [1.165, 1.54) is 11.3 Å². The molecule has 0 amide bonds. The first-order valence-corrected chi connectivity index (χ1v) is 10.3. The number of carbonyl (C=O) groups is 1. The van der Waals surface area contributed by atoms with Crippen molar-refractivity contribution in [2.24, 2.45) is 0 Å². The number of hydrogen-bond donors (Lipinski definition) is 1. The van der Waals surface area contributed by atoms with Gasteiger partial charge in [-0.15, -0.1) is 0 Å². The Bertz CT molecular complexity index is 986. The van der Waals surface area contributed by atoms with Crippen LogP contribution in [-0.2, 0) is 28.1 Å². The molecule has 8 nitrogen and oxygen atoms in total. The Morgan fingerprint density at radius 3 is 2.73 bits per heavy atom. The molecule has 0 saturated carbocycles. The summed E-state index contributed by atoms with van der Waals surface area (Å²) in [5, 5.41) is 7.12. The molecule has 33 heavy (non-hydrogen) atoms. The van der Waals surface area contributed by atoms with Crippen LogP contribution in [0.3, 0.4) is 0 Å². The van der Waals surface area contributed by atoms with Gasteiger partial charge in [-0.1, -0.05) is 12.1 Å². The van der Waals surface area contributed by atoms with Gasteiger partial charge in [0.05, 0.1) is 31.4 Å². The number of carboxylic acids is 1. The fraction of sp³-hybridized carbons (Fsp3) is 0.500. The summed E-state index contributed by atoms with van der Waals surface area (Å²) in [6.07, 6.45) is -2.09. The Labute approximate surface area is 190 Å². The number of likely N-dealkylation sites (tertiary alicyclic amines) is 1. The second kappa shape index (κ2) is 9.92. The molecule has 0 bridgehead atoms. The molecule has 1 spiro atoms. The fourth-order valence-electron chi connectivity index (χ4n) is 4.04. The summed E-state index contributed by atoms with van der Waals surface area (Å²) in [7, 11) is 5.68. The minimum Gasteiger partial charge on any atom is -0.497 e. The normalized spacial score (nSPS) is 20.1. The zero-order valence-corrected chi connectivity index (χ0v) is 18.7. The number of fused-ring (bicyclic) bond motifs is 2. The Balaban J connectivity index is 0.000000383. The van der Waals surface area contributed by atoms with Gasteiger partial charge in [-0.2, -0.15) is 13.2 Å². The van der Waals surface area contributed by atoms with E-state index in [1.54, 1.807) is 7.11 Å². The van der Waals surface area contributed by atoms with E-state index < -0.39 is 12.1 Å². The zero-order valence-electron chi connectivity index (χ0n) is 18.7. The maximum Gasteiger partial charge on any atom is 0.490 e. The van der Waals surface area contributed by atoms with Crippen LogP contribution >= 0.6 is 0 Å². The van der Waals surface area contributed by atoms with Crippen molar-refractivity contribution in [1.29, 1.82) is 0 Å². The molecule has 4 rings (SSSR count). The Morgan fingerprint density at radius 2 is 2.09 bits per heavy atom. The van der Waals surface area contributed by atoms with Crippen molar-refractivity contribution >= 4 is 11.9 Å². The second-order valence-corrected chi connectivity index (χ2v) is 8.33. The van der Waals surface area contributed by atoms with Gasteiger partial charge in [0.15, 0.2) is 0 Å². The highest BCUT2D eigenvalue weighted by atomic mass is 19.4. The maximum absolute atomic E-state index is 10.6. The van der Waals surface area contributed by atoms with Crippen molar-refractivity contribution in [2.45, 2.75) is 31.2 Å². The number of aromatic nitrogens is 2. The van der Waals surface area contributed by atoms with Crippen LogP contribution in [-0.4, -0.2) is 73.0 Å². The highest BCUT2D eigenvalue weighted by Gasteiger charge is 2.45. The van der Waals surface area contributed by atoms with Crippen LogP contribution in [0.15, 0.2) is 30.5 Å². The minimum atomic E-state index is -5.08. The molecule has 11 heteroatoms. The summed E-state index contributed by atoms with van der Waals surface area (Å²) in [5.74, 6) is -1.07. The molecule has 0 radical (unpaired) electrons. The first kappa shape index (κ1) is 24.7. The minimum absolute atomic E-state index is 0.0276. The van der Waals surface area contributed by atoms with E-state index in [2.05, 4.69) is 28.1 Å². The molecular formula is C22H27F3N4O4. The van der Waals surface area contributed by atoms with Gasteiger partial charge in [0.25, 0.3) is 0 Å². The first-order valence-electron chi connectivity index (χ1n) is 10.3. The van der Waals surface area contributed by atoms with Crippen LogP contribution in [0.1, 0.15) is 23.2 Å². The van der Waals surface area contributed by atoms with Crippen molar-refractivity contribution in [3.8, 4) is 5.75 Å². The molecule has 0 aliphatic carbocycles. The molecule has 2 aliphatic rings. The molecule has 1 atom stereocenters. The van der Waals surface area contributed by atoms with Gasteiger partial charge in [0.2, 0.25) is 5.95 Å². The van der Waals surface area contributed by atoms with E-state index >= 15 is 0 Å². The third-order valence-electron chi connectivity index (χ3n) is 5.61. The molecule has 1 fully saturated rings. The molecule has 3 heterocycles. The number of methoxy groups -OCH3 is 1. The number of alkyl halides is 3. The second-order valence-electron chi connectivity index (χ2n) is 8.33. The number of hydrogen-bond acceptors (Lipinski definition) is 7. The number of benzene rings is 1. The molecule has 1 N–H and O–H groups in total. The molecule has 2 aromatic rings. The van der Waals surface area contributed by atoms with Crippen molar-refractivity contribution in [1.82, 2.24) is 14.9 Å². The number of carboxylic acid groups (broad SMARTS) is 1. The van der Waals surface area contributed by atoms with E-state index in [-0.39, 0.29) is 5.41 Å². The largest absolute Gasteiger partial charge is 0.497 e. The lowest BCUT2D eigenvalue weighted by molar-refractivity contribution is -0.192. The number of nitrogens with zero attached hydrogens (tertiary/aromatic N) is 4. The van der Waals surface area contributed by atoms with E-state index in [1.807, 2.05) is 31.3 Å². The number of anilines is 1. The quantitative estimate of drug-likeness (QED) is 0.733. The molecule has 2 aliphatic heterocycles. The van der Waals surface area contributed by atoms with Gasteiger partial charge in [-0.05, 0) is 30.7 Å². The Hall–Kier alpha value is -2.92. The lowest BCUT2D eigenvalue weighted by Gasteiger charge is -2.34. The zero-order chi connectivity index (χ0) is 24.2. The fourth-order valence-corrected chi connectivity index (χ4v) is 4.04. The number of halogens is 3. The van der Waals surface area contributed by atoms with Crippen molar-refractivity contribution in [3.05, 3.63) is 47.3 Å². The summed E-state index contributed by atoms with van der Waals surface area (Å²) in [5.41, 5.74) is 3.55. The van der Waals surface area contributed by atoms with Crippen molar-refractivity contribution in [2.75, 3.05) is 45.8 Å². The molecule has 1 unspecified atom stereocenters. The van der Waals surface area contributed by atoms with E-state index in [4.69, 9.17) is 24.4 Å².